The number of aliphatic hydroxyl groups is 1. The van der Waals surface area contributed by atoms with Crippen molar-refractivity contribution in [1.29, 1.82) is 0 Å². The van der Waals surface area contributed by atoms with Gasteiger partial charge in [-0.05, 0) is 122 Å². The maximum atomic E-state index is 12.9. The van der Waals surface area contributed by atoms with Crippen LogP contribution in [-0.2, 0) is 28.6 Å². The van der Waals surface area contributed by atoms with Gasteiger partial charge in [0.05, 0.1) is 37.6 Å². The molecule has 10 heteroatoms. The molecule has 2 heterocycles. The number of aliphatic carboxylic acids is 1. The van der Waals surface area contributed by atoms with Crippen LogP contribution in [0.1, 0.15) is 119 Å². The lowest BCUT2D eigenvalue weighted by molar-refractivity contribution is -0.248. The molecule has 6 aliphatic carbocycles. The first kappa shape index (κ1) is 36.2. The molecular formula is C41H64N2O8. The van der Waals surface area contributed by atoms with E-state index in [0.29, 0.717) is 43.9 Å². The average Bonchev–Trinajstić information content (AvgIpc) is 4.00. The molecule has 51 heavy (non-hydrogen) atoms. The van der Waals surface area contributed by atoms with Gasteiger partial charge < -0.3 is 34.2 Å². The molecule has 14 atom stereocenters. The summed E-state index contributed by atoms with van der Waals surface area (Å²) in [5.41, 5.74) is 0.0944. The van der Waals surface area contributed by atoms with Crippen molar-refractivity contribution in [3.05, 3.63) is 0 Å². The van der Waals surface area contributed by atoms with E-state index in [-0.39, 0.29) is 81.9 Å². The maximum Gasteiger partial charge on any atom is 0.326 e. The third-order valence-corrected chi connectivity index (χ3v) is 17.3. The highest BCUT2D eigenvalue weighted by Crippen LogP contribution is 2.89. The summed E-state index contributed by atoms with van der Waals surface area (Å²) in [7, 11) is 0. The van der Waals surface area contributed by atoms with Crippen LogP contribution in [0, 0.1) is 56.7 Å². The molecule has 0 bridgehead atoms. The van der Waals surface area contributed by atoms with Gasteiger partial charge in [0.2, 0.25) is 11.8 Å². The monoisotopic (exact) mass is 712 g/mol. The Balaban J connectivity index is 0.989. The molecule has 0 aromatic heterocycles. The molecule has 10 nitrogen and oxygen atoms in total. The molecule has 8 fully saturated rings. The molecule has 8 rings (SSSR count). The molecule has 4 unspecified atom stereocenters. The van der Waals surface area contributed by atoms with Crippen LogP contribution >= 0.6 is 0 Å². The number of rotatable bonds is 8. The van der Waals surface area contributed by atoms with Gasteiger partial charge in [0.1, 0.15) is 6.04 Å². The van der Waals surface area contributed by atoms with Crippen molar-refractivity contribution in [3.63, 3.8) is 0 Å². The van der Waals surface area contributed by atoms with Gasteiger partial charge in [0.25, 0.3) is 0 Å². The van der Waals surface area contributed by atoms with E-state index in [2.05, 4.69) is 34.6 Å². The predicted octanol–water partition coefficient (Wildman–Crippen LogP) is 5.49. The SMILES string of the molecule is CC(=O)N(CC1C[C@@H](C)[C@H]2C(O1)[C@H](O)[C@@]1(C)C3CC[C@H]4C(C)(C)[C@@H](O[C@H]5CN(C(=O)CC6CC6)CCO5)CC[C@@]45CC35CC[C@]21C)[C@H](C)C(=O)O. The molecule has 0 aromatic carbocycles. The molecule has 8 aliphatic rings. The number of carbonyl (C=O) groups excluding carboxylic acids is 2. The summed E-state index contributed by atoms with van der Waals surface area (Å²) < 4.78 is 19.8. The number of carboxylic acids is 1. The van der Waals surface area contributed by atoms with E-state index in [0.717, 1.165) is 38.5 Å². The van der Waals surface area contributed by atoms with Crippen LogP contribution in [0.25, 0.3) is 0 Å². The summed E-state index contributed by atoms with van der Waals surface area (Å²) in [4.78, 5) is 40.6. The van der Waals surface area contributed by atoms with E-state index in [1.807, 2.05) is 4.90 Å². The number of aliphatic hydroxyl groups excluding tert-OH is 1. The Hall–Kier alpha value is -1.75. The fraction of sp³-hybridized carbons (Fsp3) is 0.927. The molecule has 2 amide bonds. The van der Waals surface area contributed by atoms with E-state index < -0.39 is 18.1 Å². The molecule has 0 radical (unpaired) electrons. The van der Waals surface area contributed by atoms with E-state index in [4.69, 9.17) is 14.2 Å². The van der Waals surface area contributed by atoms with Crippen molar-refractivity contribution >= 4 is 17.8 Å². The second kappa shape index (κ2) is 12.1. The minimum Gasteiger partial charge on any atom is -0.480 e. The topological polar surface area (TPSA) is 126 Å². The molecule has 286 valence electrons. The number of ether oxygens (including phenoxy) is 3. The highest BCUT2D eigenvalue weighted by molar-refractivity contribution is 5.82. The van der Waals surface area contributed by atoms with Gasteiger partial charge >= 0.3 is 5.97 Å². The Morgan fingerprint density at radius 3 is 2.39 bits per heavy atom. The van der Waals surface area contributed by atoms with Gasteiger partial charge in [-0.15, -0.1) is 0 Å². The normalized spacial score (nSPS) is 48.6. The number of carboxylic acid groups (broad SMARTS) is 1. The van der Waals surface area contributed by atoms with Crippen molar-refractivity contribution in [1.82, 2.24) is 9.80 Å². The zero-order valence-corrected chi connectivity index (χ0v) is 32.2. The predicted molar refractivity (Wildman–Crippen MR) is 189 cm³/mol. The second-order valence-corrected chi connectivity index (χ2v) is 19.7. The number of nitrogens with zero attached hydrogens (tertiary/aromatic N) is 2. The maximum absolute atomic E-state index is 12.9. The van der Waals surface area contributed by atoms with E-state index in [1.165, 1.54) is 37.5 Å². The molecule has 6 saturated carbocycles. The van der Waals surface area contributed by atoms with Crippen LogP contribution in [0.15, 0.2) is 0 Å². The van der Waals surface area contributed by atoms with Crippen molar-refractivity contribution in [2.45, 2.75) is 156 Å². The summed E-state index contributed by atoms with van der Waals surface area (Å²) in [5, 5.41) is 22.2. The molecule has 2 spiro atoms. The fourth-order valence-corrected chi connectivity index (χ4v) is 14.5. The van der Waals surface area contributed by atoms with Gasteiger partial charge in [-0.2, -0.15) is 0 Å². The van der Waals surface area contributed by atoms with Gasteiger partial charge in [0.15, 0.2) is 6.29 Å². The number of fused-ring (bicyclic) bond motifs is 4. The zero-order chi connectivity index (χ0) is 36.5. The van der Waals surface area contributed by atoms with E-state index in [9.17, 15) is 24.6 Å². The minimum atomic E-state index is -1.02. The van der Waals surface area contributed by atoms with E-state index in [1.54, 1.807) is 6.92 Å². The van der Waals surface area contributed by atoms with Gasteiger partial charge in [0, 0.05) is 31.8 Å². The highest BCUT2D eigenvalue weighted by Gasteiger charge is 2.84. The number of hydrogen-bond acceptors (Lipinski definition) is 7. The van der Waals surface area contributed by atoms with Crippen molar-refractivity contribution in [3.8, 4) is 0 Å². The Bertz CT molecular complexity index is 1430. The standard InChI is InChI=1S/C41H64N2O8/c1-23-18-27(20-43(25(3)44)24(2)36(47)48)50-34-33(23)38(6)14-15-41-22-40(41)13-12-30(37(4,5)28(40)10-11-29(41)39(38,7)35(34)46)51-32-21-42(16-17-49-32)31(45)19-26-8-9-26/h23-24,26-30,32-35,46H,8-22H2,1-7H3,(H,47,48)/t23-,24-,27?,28+,29?,30+,32+,33+,34?,35+,38-,39-,40-,41?/m1/s1. The summed E-state index contributed by atoms with van der Waals surface area (Å²) in [6.45, 7) is 16.9. The zero-order valence-electron chi connectivity index (χ0n) is 32.2. The largest absolute Gasteiger partial charge is 0.480 e. The Morgan fingerprint density at radius 2 is 1.71 bits per heavy atom. The average molecular weight is 713 g/mol. The van der Waals surface area contributed by atoms with Crippen molar-refractivity contribution < 1.29 is 38.8 Å². The summed E-state index contributed by atoms with van der Waals surface area (Å²) in [6.07, 6.45) is 10.2. The minimum absolute atomic E-state index is 0.0269. The highest BCUT2D eigenvalue weighted by atomic mass is 16.7. The number of hydrogen-bond donors (Lipinski definition) is 2. The molecule has 2 saturated heterocycles. The smallest absolute Gasteiger partial charge is 0.326 e. The number of morpholine rings is 1. The number of amides is 2. The first-order chi connectivity index (χ1) is 24.0. The van der Waals surface area contributed by atoms with Crippen LogP contribution in [0.4, 0.5) is 0 Å². The second-order valence-electron chi connectivity index (χ2n) is 19.7. The summed E-state index contributed by atoms with van der Waals surface area (Å²) in [6, 6.07) is -0.929. The van der Waals surface area contributed by atoms with Gasteiger partial charge in [-0.3, -0.25) is 9.59 Å². The fourth-order valence-electron chi connectivity index (χ4n) is 14.5. The van der Waals surface area contributed by atoms with Crippen LogP contribution in [0.3, 0.4) is 0 Å². The van der Waals surface area contributed by atoms with Crippen LogP contribution < -0.4 is 0 Å². The molecule has 2 N–H and O–H groups in total. The first-order valence-electron chi connectivity index (χ1n) is 20.4. The Morgan fingerprint density at radius 1 is 1.00 bits per heavy atom. The molecule has 0 aromatic rings. The molecular weight excluding hydrogens is 648 g/mol. The first-order valence-corrected chi connectivity index (χ1v) is 20.4. The number of carbonyl (C=O) groups is 3. The summed E-state index contributed by atoms with van der Waals surface area (Å²) >= 11 is 0. The third kappa shape index (κ3) is 5.17. The quantitative estimate of drug-likeness (QED) is 0.339. The van der Waals surface area contributed by atoms with E-state index >= 15 is 0 Å². The summed E-state index contributed by atoms with van der Waals surface area (Å²) in [5.74, 6) is 0.998. The lowest BCUT2D eigenvalue weighted by atomic mass is 9.41. The lowest BCUT2D eigenvalue weighted by Crippen LogP contribution is -2.60. The Labute approximate surface area is 304 Å². The van der Waals surface area contributed by atoms with Gasteiger partial charge in [-0.25, -0.2) is 4.79 Å². The van der Waals surface area contributed by atoms with Gasteiger partial charge in [-0.1, -0.05) is 34.6 Å². The van der Waals surface area contributed by atoms with Crippen LogP contribution in [-0.4, -0.2) is 101 Å². The molecule has 2 aliphatic heterocycles. The third-order valence-electron chi connectivity index (χ3n) is 17.3. The van der Waals surface area contributed by atoms with Crippen molar-refractivity contribution in [2.24, 2.45) is 56.7 Å². The van der Waals surface area contributed by atoms with Crippen LogP contribution in [0.2, 0.25) is 0 Å². The lowest BCUT2D eigenvalue weighted by Gasteiger charge is -2.64. The Kier molecular flexibility index (Phi) is 8.62. The van der Waals surface area contributed by atoms with Crippen LogP contribution in [0.5, 0.6) is 0 Å². The van der Waals surface area contributed by atoms with Crippen molar-refractivity contribution in [2.75, 3.05) is 26.2 Å².